The molecule has 0 amide bonds. The molecule has 2 fully saturated rings. The summed E-state index contributed by atoms with van der Waals surface area (Å²) in [4.78, 5) is 21.7. The summed E-state index contributed by atoms with van der Waals surface area (Å²) < 4.78 is 20.9. The normalized spacial score (nSPS) is 36.9. The van der Waals surface area contributed by atoms with Gasteiger partial charge in [-0.3, -0.25) is 9.59 Å². The molecule has 0 aliphatic carbocycles. The standard InChI is InChI=1S/C10H14O6/c1-5(11)15-7-3-13-10-8(16-6(2)12)4-14-9(7)10/h7-10H,3-4H2,1-2H3/t7-,8+,9?,10?. The van der Waals surface area contributed by atoms with Gasteiger partial charge in [-0.2, -0.15) is 0 Å². The number of esters is 2. The molecule has 4 atom stereocenters. The van der Waals surface area contributed by atoms with Crippen LogP contribution in [0, 0.1) is 0 Å². The van der Waals surface area contributed by atoms with Crippen molar-refractivity contribution in [2.75, 3.05) is 13.2 Å². The van der Waals surface area contributed by atoms with Crippen LogP contribution < -0.4 is 0 Å². The van der Waals surface area contributed by atoms with Gasteiger partial charge in [-0.15, -0.1) is 0 Å². The SMILES string of the molecule is CC(=O)O[C@H]1COC2C1OC[C@H]2OC(C)=O. The number of carbonyl (C=O) groups is 2. The highest BCUT2D eigenvalue weighted by Gasteiger charge is 2.50. The molecule has 2 rings (SSSR count). The van der Waals surface area contributed by atoms with Gasteiger partial charge >= 0.3 is 11.9 Å². The fraction of sp³-hybridized carbons (Fsp3) is 0.800. The Labute approximate surface area is 92.8 Å². The highest BCUT2D eigenvalue weighted by atomic mass is 16.7. The summed E-state index contributed by atoms with van der Waals surface area (Å²) in [7, 11) is 0. The molecule has 0 N–H and O–H groups in total. The van der Waals surface area contributed by atoms with Gasteiger partial charge in [0.2, 0.25) is 0 Å². The van der Waals surface area contributed by atoms with Crippen molar-refractivity contribution in [3.05, 3.63) is 0 Å². The number of rotatable bonds is 2. The zero-order valence-electron chi connectivity index (χ0n) is 9.17. The van der Waals surface area contributed by atoms with Crippen LogP contribution in [0.25, 0.3) is 0 Å². The van der Waals surface area contributed by atoms with Crippen molar-refractivity contribution in [3.63, 3.8) is 0 Å². The van der Waals surface area contributed by atoms with Crippen molar-refractivity contribution in [3.8, 4) is 0 Å². The Morgan fingerprint density at radius 2 is 1.31 bits per heavy atom. The molecule has 0 bridgehead atoms. The minimum absolute atomic E-state index is 0.284. The summed E-state index contributed by atoms with van der Waals surface area (Å²) in [6.07, 6.45) is -1.45. The van der Waals surface area contributed by atoms with Crippen LogP contribution >= 0.6 is 0 Å². The highest BCUT2D eigenvalue weighted by molar-refractivity contribution is 5.66. The van der Waals surface area contributed by atoms with Gasteiger partial charge in [0.25, 0.3) is 0 Å². The number of carbonyl (C=O) groups excluding carboxylic acids is 2. The second-order valence-electron chi connectivity index (χ2n) is 3.89. The van der Waals surface area contributed by atoms with Crippen molar-refractivity contribution in [1.29, 1.82) is 0 Å². The summed E-state index contributed by atoms with van der Waals surface area (Å²) in [6, 6.07) is 0. The number of hydrogen-bond donors (Lipinski definition) is 0. The van der Waals surface area contributed by atoms with Crippen LogP contribution in [-0.2, 0) is 28.5 Å². The van der Waals surface area contributed by atoms with Crippen LogP contribution in [0.5, 0.6) is 0 Å². The first kappa shape index (κ1) is 11.3. The van der Waals surface area contributed by atoms with Gasteiger partial charge in [0.05, 0.1) is 13.2 Å². The predicted octanol–water partition coefficient (Wildman–Crippen LogP) is -0.353. The maximum absolute atomic E-state index is 10.8. The molecule has 2 saturated heterocycles. The maximum atomic E-state index is 10.8. The van der Waals surface area contributed by atoms with Gasteiger partial charge < -0.3 is 18.9 Å². The zero-order valence-corrected chi connectivity index (χ0v) is 9.17. The Balaban J connectivity index is 1.95. The van der Waals surface area contributed by atoms with E-state index in [2.05, 4.69) is 0 Å². The molecule has 2 aliphatic heterocycles. The molecule has 6 nitrogen and oxygen atoms in total. The highest BCUT2D eigenvalue weighted by Crippen LogP contribution is 2.30. The first-order valence-electron chi connectivity index (χ1n) is 5.15. The van der Waals surface area contributed by atoms with Gasteiger partial charge in [0.15, 0.2) is 12.2 Å². The smallest absolute Gasteiger partial charge is 0.303 e. The lowest BCUT2D eigenvalue weighted by atomic mass is 10.1. The van der Waals surface area contributed by atoms with Gasteiger partial charge in [0.1, 0.15) is 12.2 Å². The average Bonchev–Trinajstić information content (AvgIpc) is 2.70. The minimum Gasteiger partial charge on any atom is -0.457 e. The minimum atomic E-state index is -0.400. The number of ether oxygens (including phenoxy) is 4. The Morgan fingerprint density at radius 3 is 1.62 bits per heavy atom. The first-order chi connectivity index (χ1) is 7.58. The molecule has 0 saturated carbocycles. The average molecular weight is 230 g/mol. The van der Waals surface area contributed by atoms with E-state index in [4.69, 9.17) is 18.9 Å². The first-order valence-corrected chi connectivity index (χ1v) is 5.15. The molecule has 0 aromatic heterocycles. The number of hydrogen-bond acceptors (Lipinski definition) is 6. The molecular weight excluding hydrogens is 216 g/mol. The van der Waals surface area contributed by atoms with E-state index in [0.29, 0.717) is 0 Å². The second kappa shape index (κ2) is 4.39. The molecule has 2 aliphatic rings. The monoisotopic (exact) mass is 230 g/mol. The van der Waals surface area contributed by atoms with Gasteiger partial charge in [-0.1, -0.05) is 0 Å². The lowest BCUT2D eigenvalue weighted by Gasteiger charge is -2.16. The van der Waals surface area contributed by atoms with Crippen LogP contribution in [0.15, 0.2) is 0 Å². The van der Waals surface area contributed by atoms with E-state index in [1.807, 2.05) is 0 Å². The molecule has 90 valence electrons. The molecule has 0 spiro atoms. The van der Waals surface area contributed by atoms with E-state index < -0.39 is 12.2 Å². The van der Waals surface area contributed by atoms with E-state index in [0.717, 1.165) is 0 Å². The summed E-state index contributed by atoms with van der Waals surface area (Å²) in [5, 5.41) is 0. The van der Waals surface area contributed by atoms with Crippen LogP contribution in [-0.4, -0.2) is 49.6 Å². The van der Waals surface area contributed by atoms with E-state index >= 15 is 0 Å². The lowest BCUT2D eigenvalue weighted by molar-refractivity contribution is -0.152. The summed E-state index contributed by atoms with van der Waals surface area (Å²) >= 11 is 0. The van der Waals surface area contributed by atoms with E-state index in [9.17, 15) is 9.59 Å². The predicted molar refractivity (Wildman–Crippen MR) is 50.6 cm³/mol. The van der Waals surface area contributed by atoms with E-state index in [1.165, 1.54) is 13.8 Å². The molecule has 0 radical (unpaired) electrons. The van der Waals surface area contributed by atoms with Crippen molar-refractivity contribution < 1.29 is 28.5 Å². The number of fused-ring (bicyclic) bond motifs is 1. The molecule has 0 aromatic rings. The summed E-state index contributed by atoms with van der Waals surface area (Å²) in [6.45, 7) is 3.25. The second-order valence-corrected chi connectivity index (χ2v) is 3.89. The fourth-order valence-corrected chi connectivity index (χ4v) is 2.06. The third-order valence-corrected chi connectivity index (χ3v) is 2.60. The summed E-state index contributed by atoms with van der Waals surface area (Å²) in [5.41, 5.74) is 0. The van der Waals surface area contributed by atoms with E-state index in [1.54, 1.807) is 0 Å². The molecule has 6 heteroatoms. The Bertz CT molecular complexity index is 272. The molecule has 16 heavy (non-hydrogen) atoms. The zero-order chi connectivity index (χ0) is 11.7. The topological polar surface area (TPSA) is 71.1 Å². The molecule has 0 aromatic carbocycles. The van der Waals surface area contributed by atoms with Crippen LogP contribution in [0.2, 0.25) is 0 Å². The van der Waals surface area contributed by atoms with Crippen molar-refractivity contribution >= 4 is 11.9 Å². The van der Waals surface area contributed by atoms with Gasteiger partial charge in [-0.05, 0) is 0 Å². The molecule has 2 heterocycles. The van der Waals surface area contributed by atoms with Crippen LogP contribution in [0.3, 0.4) is 0 Å². The van der Waals surface area contributed by atoms with Gasteiger partial charge in [0, 0.05) is 13.8 Å². The Kier molecular flexibility index (Phi) is 3.11. The maximum Gasteiger partial charge on any atom is 0.303 e. The summed E-state index contributed by atoms with van der Waals surface area (Å²) in [5.74, 6) is -0.734. The molecular formula is C10H14O6. The van der Waals surface area contributed by atoms with Crippen molar-refractivity contribution in [2.45, 2.75) is 38.3 Å². The quantitative estimate of drug-likeness (QED) is 0.604. The third-order valence-electron chi connectivity index (χ3n) is 2.60. The Hall–Kier alpha value is -1.14. The lowest BCUT2D eigenvalue weighted by Crippen LogP contribution is -2.35. The van der Waals surface area contributed by atoms with Crippen molar-refractivity contribution in [2.24, 2.45) is 0 Å². The Morgan fingerprint density at radius 1 is 0.938 bits per heavy atom. The third kappa shape index (κ3) is 2.17. The fourth-order valence-electron chi connectivity index (χ4n) is 2.06. The van der Waals surface area contributed by atoms with Crippen molar-refractivity contribution in [1.82, 2.24) is 0 Å². The van der Waals surface area contributed by atoms with Gasteiger partial charge in [-0.25, -0.2) is 0 Å². The van der Waals surface area contributed by atoms with Crippen LogP contribution in [0.4, 0.5) is 0 Å². The largest absolute Gasteiger partial charge is 0.457 e. The van der Waals surface area contributed by atoms with Crippen LogP contribution in [0.1, 0.15) is 13.8 Å². The van der Waals surface area contributed by atoms with E-state index in [-0.39, 0.29) is 37.4 Å². The molecule has 2 unspecified atom stereocenters.